The molecule has 4 N–H and O–H groups in total. The second-order valence-corrected chi connectivity index (χ2v) is 6.10. The number of benzene rings is 1. The fourth-order valence-electron chi connectivity index (χ4n) is 2.67. The predicted octanol–water partition coefficient (Wildman–Crippen LogP) is 3.16. The maximum absolute atomic E-state index is 10.2. The Kier molecular flexibility index (Phi) is 4.42. The number of nitrogens with two attached hydrogens (primary N) is 1. The number of halogens is 1. The van der Waals surface area contributed by atoms with Crippen LogP contribution in [0.15, 0.2) is 23.3 Å². The van der Waals surface area contributed by atoms with Crippen LogP contribution >= 0.6 is 11.6 Å². The third-order valence-electron chi connectivity index (χ3n) is 3.89. The Hall–Kier alpha value is -1.75. The monoisotopic (exact) mass is 308 g/mol. The van der Waals surface area contributed by atoms with Crippen LogP contribution in [0.4, 0.5) is 0 Å². The lowest BCUT2D eigenvalue weighted by Crippen LogP contribution is -2.36. The Balaban J connectivity index is 2.46. The van der Waals surface area contributed by atoms with Crippen molar-refractivity contribution in [1.82, 2.24) is 5.01 Å². The molecule has 0 aliphatic carbocycles. The molecule has 0 spiro atoms. The van der Waals surface area contributed by atoms with Gasteiger partial charge in [-0.15, -0.1) is 0 Å². The van der Waals surface area contributed by atoms with Crippen LogP contribution in [0, 0.1) is 10.8 Å². The summed E-state index contributed by atoms with van der Waals surface area (Å²) in [5, 5.41) is 24.1. The van der Waals surface area contributed by atoms with Crippen molar-refractivity contribution in [2.24, 2.45) is 16.3 Å². The van der Waals surface area contributed by atoms with E-state index in [1.807, 2.05) is 0 Å². The maximum Gasteiger partial charge on any atom is 0.209 e. The van der Waals surface area contributed by atoms with Gasteiger partial charge in [0.15, 0.2) is 0 Å². The molecule has 0 saturated heterocycles. The number of phenolic OH excluding ortho intramolecular Hbond substituents is 1. The summed E-state index contributed by atoms with van der Waals surface area (Å²) in [5.74, 6) is -0.0553. The zero-order chi connectivity index (χ0) is 15.6. The quantitative estimate of drug-likeness (QED) is 0.590. The molecule has 0 aromatic heterocycles. The number of rotatable bonds is 4. The van der Waals surface area contributed by atoms with E-state index in [9.17, 15) is 5.11 Å². The Morgan fingerprint density at radius 1 is 1.57 bits per heavy atom. The number of aromatic hydroxyl groups is 1. The molecule has 1 aromatic rings. The van der Waals surface area contributed by atoms with Gasteiger partial charge in [0.05, 0.1) is 17.3 Å². The van der Waals surface area contributed by atoms with Gasteiger partial charge < -0.3 is 10.8 Å². The minimum atomic E-state index is -0.260. The van der Waals surface area contributed by atoms with Gasteiger partial charge in [-0.05, 0) is 18.6 Å². The highest BCUT2D eigenvalue weighted by atomic mass is 35.5. The van der Waals surface area contributed by atoms with Crippen LogP contribution < -0.4 is 5.73 Å². The Morgan fingerprint density at radius 3 is 2.90 bits per heavy atom. The van der Waals surface area contributed by atoms with Gasteiger partial charge in [-0.25, -0.2) is 5.01 Å². The van der Waals surface area contributed by atoms with Gasteiger partial charge in [0.2, 0.25) is 5.96 Å². The van der Waals surface area contributed by atoms with Crippen molar-refractivity contribution in [1.29, 1.82) is 5.41 Å². The molecule has 1 atom stereocenters. The van der Waals surface area contributed by atoms with Crippen molar-refractivity contribution in [3.8, 4) is 5.75 Å². The van der Waals surface area contributed by atoms with E-state index in [-0.39, 0.29) is 17.1 Å². The van der Waals surface area contributed by atoms with Crippen molar-refractivity contribution in [3.63, 3.8) is 0 Å². The van der Waals surface area contributed by atoms with Crippen LogP contribution in [0.3, 0.4) is 0 Å². The number of hydrogen-bond donors (Lipinski definition) is 3. The maximum atomic E-state index is 10.2. The van der Waals surface area contributed by atoms with Crippen LogP contribution in [0.1, 0.15) is 38.7 Å². The summed E-state index contributed by atoms with van der Waals surface area (Å²) in [7, 11) is 0. The summed E-state index contributed by atoms with van der Waals surface area (Å²) < 4.78 is 0. The first-order valence-corrected chi connectivity index (χ1v) is 7.45. The fourth-order valence-corrected chi connectivity index (χ4v) is 2.85. The largest absolute Gasteiger partial charge is 0.506 e. The zero-order valence-electron chi connectivity index (χ0n) is 12.4. The summed E-state index contributed by atoms with van der Waals surface area (Å²) in [6.07, 6.45) is 3.03. The van der Waals surface area contributed by atoms with E-state index in [2.05, 4.69) is 18.9 Å². The average molecular weight is 309 g/mol. The van der Waals surface area contributed by atoms with E-state index in [0.717, 1.165) is 25.0 Å². The minimum absolute atomic E-state index is 0.0334. The van der Waals surface area contributed by atoms with Crippen molar-refractivity contribution in [3.05, 3.63) is 28.8 Å². The lowest BCUT2D eigenvalue weighted by molar-refractivity contribution is 0.332. The lowest BCUT2D eigenvalue weighted by Gasteiger charge is -2.26. The topological polar surface area (TPSA) is 85.7 Å². The van der Waals surface area contributed by atoms with E-state index < -0.39 is 0 Å². The van der Waals surface area contributed by atoms with Gasteiger partial charge >= 0.3 is 0 Å². The number of phenols is 1. The summed E-state index contributed by atoms with van der Waals surface area (Å²) in [4.78, 5) is 0. The summed E-state index contributed by atoms with van der Waals surface area (Å²) in [6, 6.07) is 5.23. The standard InChI is InChI=1S/C15H21ClN4O/c1-3-4-8-15(2)9-20(14(17)18)19-13(15)10-6-5-7-11(16)12(10)21/h5-7,21H,3-4,8-9H2,1-2H3,(H3,17,18). The van der Waals surface area contributed by atoms with Crippen molar-refractivity contribution < 1.29 is 5.11 Å². The summed E-state index contributed by atoms with van der Waals surface area (Å²) >= 11 is 6.00. The molecule has 114 valence electrons. The first-order chi connectivity index (χ1) is 9.89. The Morgan fingerprint density at radius 2 is 2.29 bits per heavy atom. The van der Waals surface area contributed by atoms with Crippen molar-refractivity contribution >= 4 is 23.3 Å². The van der Waals surface area contributed by atoms with Crippen molar-refractivity contribution in [2.75, 3.05) is 6.54 Å². The summed E-state index contributed by atoms with van der Waals surface area (Å²) in [6.45, 7) is 4.77. The molecule has 6 heteroatoms. The van der Waals surface area contributed by atoms with Crippen LogP contribution in [0.2, 0.25) is 5.02 Å². The number of guanidine groups is 1. The average Bonchev–Trinajstić information content (AvgIpc) is 2.78. The normalized spacial score (nSPS) is 21.5. The number of nitrogens with zero attached hydrogens (tertiary/aromatic N) is 2. The molecule has 0 amide bonds. The number of unbranched alkanes of at least 4 members (excludes halogenated alkanes) is 1. The highest BCUT2D eigenvalue weighted by Crippen LogP contribution is 2.39. The van der Waals surface area contributed by atoms with Crippen molar-refractivity contribution in [2.45, 2.75) is 33.1 Å². The number of nitrogens with one attached hydrogen (secondary N) is 1. The number of hydrazone groups is 1. The molecule has 1 heterocycles. The van der Waals surface area contributed by atoms with E-state index in [1.165, 1.54) is 5.01 Å². The second-order valence-electron chi connectivity index (χ2n) is 5.69. The Bertz CT molecular complexity index is 587. The van der Waals surface area contributed by atoms with Crippen LogP contribution in [0.5, 0.6) is 5.75 Å². The summed E-state index contributed by atoms with van der Waals surface area (Å²) in [5.41, 5.74) is 6.67. The van der Waals surface area contributed by atoms with Gasteiger partial charge in [0.1, 0.15) is 5.75 Å². The molecule has 1 aliphatic heterocycles. The van der Waals surface area contributed by atoms with Crippen LogP contribution in [-0.2, 0) is 0 Å². The first-order valence-electron chi connectivity index (χ1n) is 7.07. The number of hydrogen-bond acceptors (Lipinski definition) is 3. The molecule has 1 aliphatic rings. The molecule has 0 fully saturated rings. The molecule has 0 radical (unpaired) electrons. The number of para-hydroxylation sites is 1. The zero-order valence-corrected chi connectivity index (χ0v) is 13.1. The predicted molar refractivity (Wildman–Crippen MR) is 85.9 cm³/mol. The third kappa shape index (κ3) is 2.97. The smallest absolute Gasteiger partial charge is 0.209 e. The molecule has 1 unspecified atom stereocenters. The van der Waals surface area contributed by atoms with Gasteiger partial charge in [-0.3, -0.25) is 5.41 Å². The highest BCUT2D eigenvalue weighted by molar-refractivity contribution is 6.32. The van der Waals surface area contributed by atoms with Gasteiger partial charge in [0, 0.05) is 11.0 Å². The molecule has 5 nitrogen and oxygen atoms in total. The fraction of sp³-hybridized carbons (Fsp3) is 0.467. The van der Waals surface area contributed by atoms with E-state index in [1.54, 1.807) is 18.2 Å². The minimum Gasteiger partial charge on any atom is -0.506 e. The molecular formula is C15H21ClN4O. The first kappa shape index (κ1) is 15.6. The van der Waals surface area contributed by atoms with Crippen LogP contribution in [0.25, 0.3) is 0 Å². The molecule has 2 rings (SSSR count). The molecule has 1 aromatic carbocycles. The lowest BCUT2D eigenvalue weighted by atomic mass is 9.78. The second kappa shape index (κ2) is 5.93. The van der Waals surface area contributed by atoms with Gasteiger partial charge in [0.25, 0.3) is 0 Å². The van der Waals surface area contributed by atoms with E-state index >= 15 is 0 Å². The van der Waals surface area contributed by atoms with E-state index in [4.69, 9.17) is 22.7 Å². The Labute approximate surface area is 129 Å². The third-order valence-corrected chi connectivity index (χ3v) is 4.20. The SMILES string of the molecule is CCCCC1(C)CN(C(=N)N)N=C1c1cccc(Cl)c1O. The van der Waals surface area contributed by atoms with Gasteiger partial charge in [-0.1, -0.05) is 44.4 Å². The van der Waals surface area contributed by atoms with E-state index in [0.29, 0.717) is 17.1 Å². The molecule has 21 heavy (non-hydrogen) atoms. The molecule has 0 bridgehead atoms. The molecular weight excluding hydrogens is 288 g/mol. The molecule has 0 saturated carbocycles. The van der Waals surface area contributed by atoms with Gasteiger partial charge in [-0.2, -0.15) is 5.10 Å². The highest BCUT2D eigenvalue weighted by Gasteiger charge is 2.40. The van der Waals surface area contributed by atoms with Crippen LogP contribution in [-0.4, -0.2) is 28.3 Å².